The van der Waals surface area contributed by atoms with Crippen molar-refractivity contribution < 1.29 is 23.1 Å². The van der Waals surface area contributed by atoms with Gasteiger partial charge in [-0.15, -0.1) is 0 Å². The predicted octanol–water partition coefficient (Wildman–Crippen LogP) is 3.98. The van der Waals surface area contributed by atoms with Crippen LogP contribution in [0.4, 0.5) is 24.8 Å². The summed E-state index contributed by atoms with van der Waals surface area (Å²) in [5.74, 6) is -0.661. The van der Waals surface area contributed by atoms with Crippen molar-refractivity contribution in [3.63, 3.8) is 0 Å². The number of hydrogen-bond acceptors (Lipinski definition) is 6. The molecular weight excluding hydrogens is 423 g/mol. The van der Waals surface area contributed by atoms with Crippen molar-refractivity contribution in [2.45, 2.75) is 37.0 Å². The Morgan fingerprint density at radius 2 is 2.03 bits per heavy atom. The molecule has 2 aromatic rings. The summed E-state index contributed by atoms with van der Waals surface area (Å²) in [5.41, 5.74) is 0.706. The van der Waals surface area contributed by atoms with Crippen LogP contribution in [0, 0.1) is 0 Å². The number of alkyl halides is 3. The van der Waals surface area contributed by atoms with Crippen LogP contribution in [0.2, 0.25) is 0 Å². The molecule has 3 aliphatic rings. The molecule has 2 heterocycles. The maximum Gasteiger partial charge on any atom is 0.416 e. The van der Waals surface area contributed by atoms with Crippen molar-refractivity contribution in [2.75, 3.05) is 10.6 Å². The van der Waals surface area contributed by atoms with E-state index in [4.69, 9.17) is 0 Å². The Labute approximate surface area is 180 Å². The standard InChI is InChI=1S/C22H18F3N5O2/c23-22(24,25)12-2-1-3-14(9-12)27-19-18-16(10-26-21(30-18)28-13-5-6-13)15-7-4-11(20(31)32)8-17(15)29-19/h1-4,7-10,13,15,17H,5-6H2,(H,27,29)(H,31,32)(H,26,28,30). The van der Waals surface area contributed by atoms with E-state index in [9.17, 15) is 23.1 Å². The highest BCUT2D eigenvalue weighted by Gasteiger charge is 2.34. The molecule has 1 aliphatic heterocycles. The number of carbonyl (C=O) groups is 1. The van der Waals surface area contributed by atoms with Crippen molar-refractivity contribution in [2.24, 2.45) is 4.99 Å². The smallest absolute Gasteiger partial charge is 0.416 e. The van der Waals surface area contributed by atoms with Gasteiger partial charge in [0.25, 0.3) is 0 Å². The minimum absolute atomic E-state index is 0.102. The Balaban J connectivity index is 1.55. The predicted molar refractivity (Wildman–Crippen MR) is 112 cm³/mol. The summed E-state index contributed by atoms with van der Waals surface area (Å²) in [6.45, 7) is 0. The Kier molecular flexibility index (Phi) is 4.72. The summed E-state index contributed by atoms with van der Waals surface area (Å²) in [7, 11) is 0. The first-order valence-electron chi connectivity index (χ1n) is 10.1. The van der Waals surface area contributed by atoms with Crippen LogP contribution in [0.15, 0.2) is 59.3 Å². The topological polar surface area (TPSA) is 99.5 Å². The second kappa shape index (κ2) is 7.47. The molecule has 0 spiro atoms. The second-order valence-corrected chi connectivity index (χ2v) is 7.90. The van der Waals surface area contributed by atoms with Gasteiger partial charge in [-0.25, -0.2) is 14.8 Å². The molecule has 32 heavy (non-hydrogen) atoms. The lowest BCUT2D eigenvalue weighted by molar-refractivity contribution is -0.137. The lowest BCUT2D eigenvalue weighted by atomic mass is 9.84. The third-order valence-electron chi connectivity index (χ3n) is 5.49. The zero-order valence-corrected chi connectivity index (χ0v) is 16.6. The van der Waals surface area contributed by atoms with Gasteiger partial charge in [0, 0.05) is 29.4 Å². The van der Waals surface area contributed by atoms with Crippen molar-refractivity contribution in [1.82, 2.24) is 9.97 Å². The Morgan fingerprint density at radius 1 is 1.22 bits per heavy atom. The number of rotatable bonds is 4. The van der Waals surface area contributed by atoms with E-state index in [-0.39, 0.29) is 23.0 Å². The SMILES string of the molecule is O=C(O)C1=CC2N=C(Nc3cccc(C(F)(F)F)c3)c3nc(NC4CC4)ncc3C2C=C1. The van der Waals surface area contributed by atoms with Crippen LogP contribution in [0.5, 0.6) is 0 Å². The molecule has 164 valence electrons. The number of carboxylic acids is 1. The number of nitrogens with one attached hydrogen (secondary N) is 2. The fourth-order valence-corrected chi connectivity index (χ4v) is 3.73. The van der Waals surface area contributed by atoms with Gasteiger partial charge in [-0.05, 0) is 37.1 Å². The van der Waals surface area contributed by atoms with Crippen LogP contribution >= 0.6 is 0 Å². The third-order valence-corrected chi connectivity index (χ3v) is 5.49. The van der Waals surface area contributed by atoms with Gasteiger partial charge in [-0.1, -0.05) is 18.2 Å². The van der Waals surface area contributed by atoms with Crippen LogP contribution in [-0.2, 0) is 11.0 Å². The molecule has 0 saturated heterocycles. The van der Waals surface area contributed by atoms with E-state index in [0.717, 1.165) is 30.5 Å². The van der Waals surface area contributed by atoms with Gasteiger partial charge >= 0.3 is 12.1 Å². The minimum atomic E-state index is -4.48. The number of amidine groups is 1. The third kappa shape index (κ3) is 3.95. The summed E-state index contributed by atoms with van der Waals surface area (Å²) >= 11 is 0. The first-order chi connectivity index (χ1) is 15.3. The molecule has 3 N–H and O–H groups in total. The Bertz CT molecular complexity index is 1180. The van der Waals surface area contributed by atoms with Crippen LogP contribution in [0.3, 0.4) is 0 Å². The van der Waals surface area contributed by atoms with E-state index in [1.54, 1.807) is 12.3 Å². The number of fused-ring (bicyclic) bond motifs is 3. The largest absolute Gasteiger partial charge is 0.478 e. The minimum Gasteiger partial charge on any atom is -0.478 e. The number of halogens is 3. The highest BCUT2D eigenvalue weighted by molar-refractivity contribution is 6.09. The molecule has 2 unspecified atom stereocenters. The zero-order chi connectivity index (χ0) is 22.5. The molecule has 1 aromatic heterocycles. The number of aliphatic carboxylic acids is 1. The van der Waals surface area contributed by atoms with Gasteiger partial charge in [0.2, 0.25) is 5.95 Å². The van der Waals surface area contributed by atoms with Crippen LogP contribution in [0.1, 0.15) is 35.6 Å². The number of anilines is 2. The number of aromatic nitrogens is 2. The normalized spacial score (nSPS) is 21.7. The summed E-state index contributed by atoms with van der Waals surface area (Å²) in [6, 6.07) is 4.58. The van der Waals surface area contributed by atoms with E-state index >= 15 is 0 Å². The molecular formula is C22H18F3N5O2. The van der Waals surface area contributed by atoms with Crippen LogP contribution in [0.25, 0.3) is 0 Å². The van der Waals surface area contributed by atoms with Gasteiger partial charge in [-0.2, -0.15) is 13.2 Å². The average molecular weight is 441 g/mol. The molecule has 1 aromatic carbocycles. The average Bonchev–Trinajstić information content (AvgIpc) is 3.57. The molecule has 2 aliphatic carbocycles. The number of benzene rings is 1. The summed E-state index contributed by atoms with van der Waals surface area (Å²) < 4.78 is 39.4. The molecule has 1 saturated carbocycles. The summed E-state index contributed by atoms with van der Waals surface area (Å²) in [6.07, 6.45) is 4.03. The van der Waals surface area contributed by atoms with Gasteiger partial charge in [0.1, 0.15) is 5.69 Å². The maximum atomic E-state index is 13.1. The van der Waals surface area contributed by atoms with E-state index in [1.165, 1.54) is 24.3 Å². The highest BCUT2D eigenvalue weighted by Crippen LogP contribution is 2.36. The number of aliphatic imine (C=N–C) groups is 1. The quantitative estimate of drug-likeness (QED) is 0.664. The number of hydrogen-bond donors (Lipinski definition) is 3. The Morgan fingerprint density at radius 3 is 2.75 bits per heavy atom. The summed E-state index contributed by atoms with van der Waals surface area (Å²) in [5, 5.41) is 15.5. The lowest BCUT2D eigenvalue weighted by Crippen LogP contribution is -2.31. The molecule has 0 amide bonds. The molecule has 2 atom stereocenters. The zero-order valence-electron chi connectivity index (χ0n) is 16.6. The molecule has 7 nitrogen and oxygen atoms in total. The second-order valence-electron chi connectivity index (χ2n) is 7.90. The number of carboxylic acid groups (broad SMARTS) is 1. The lowest BCUT2D eigenvalue weighted by Gasteiger charge is -2.30. The highest BCUT2D eigenvalue weighted by atomic mass is 19.4. The van der Waals surface area contributed by atoms with Crippen LogP contribution in [-0.4, -0.2) is 39.0 Å². The molecule has 10 heteroatoms. The molecule has 0 bridgehead atoms. The summed E-state index contributed by atoms with van der Waals surface area (Å²) in [4.78, 5) is 25.0. The van der Waals surface area contributed by atoms with Crippen molar-refractivity contribution in [1.29, 1.82) is 0 Å². The van der Waals surface area contributed by atoms with E-state index in [0.29, 0.717) is 17.7 Å². The van der Waals surface area contributed by atoms with Crippen molar-refractivity contribution >= 4 is 23.4 Å². The fourth-order valence-electron chi connectivity index (χ4n) is 3.73. The van der Waals surface area contributed by atoms with E-state index < -0.39 is 23.8 Å². The first-order valence-corrected chi connectivity index (χ1v) is 10.1. The first kappa shape index (κ1) is 20.2. The van der Waals surface area contributed by atoms with Gasteiger partial charge in [0.05, 0.1) is 17.2 Å². The van der Waals surface area contributed by atoms with Gasteiger partial charge in [0.15, 0.2) is 5.84 Å². The van der Waals surface area contributed by atoms with Gasteiger partial charge in [-0.3, -0.25) is 4.99 Å². The fraction of sp³-hybridized carbons (Fsp3) is 0.273. The van der Waals surface area contributed by atoms with Crippen molar-refractivity contribution in [3.05, 3.63) is 71.1 Å². The molecule has 1 fully saturated rings. The maximum absolute atomic E-state index is 13.1. The van der Waals surface area contributed by atoms with E-state index in [1.807, 2.05) is 0 Å². The molecule has 5 rings (SSSR count). The van der Waals surface area contributed by atoms with E-state index in [2.05, 4.69) is 25.6 Å². The van der Waals surface area contributed by atoms with Gasteiger partial charge < -0.3 is 15.7 Å². The Hall–Kier alpha value is -3.69. The van der Waals surface area contributed by atoms with Crippen molar-refractivity contribution in [3.8, 4) is 0 Å². The number of nitrogens with zero attached hydrogens (tertiary/aromatic N) is 3. The molecule has 0 radical (unpaired) electrons. The monoisotopic (exact) mass is 441 g/mol. The van der Waals surface area contributed by atoms with Crippen LogP contribution < -0.4 is 10.6 Å².